The average Bonchev–Trinajstić information content (AvgIpc) is 2.58. The predicted octanol–water partition coefficient (Wildman–Crippen LogP) is -1.68. The lowest BCUT2D eigenvalue weighted by Crippen LogP contribution is -2.35. The molecule has 0 spiro atoms. The molecule has 0 aromatic carbocycles. The van der Waals surface area contributed by atoms with Crippen molar-refractivity contribution in [2.45, 2.75) is 18.9 Å². The number of hydrogen-bond acceptors (Lipinski definition) is 8. The van der Waals surface area contributed by atoms with Crippen LogP contribution in [0.5, 0.6) is 0 Å². The van der Waals surface area contributed by atoms with E-state index >= 15 is 0 Å². The van der Waals surface area contributed by atoms with Gasteiger partial charge in [0.15, 0.2) is 0 Å². The zero-order valence-corrected chi connectivity index (χ0v) is 14.6. The van der Waals surface area contributed by atoms with Gasteiger partial charge < -0.3 is 40.8 Å². The monoisotopic (exact) mass is 365 g/mol. The number of carbonyl (C=O) groups is 2. The number of aliphatic carboxylic acids is 1. The molecule has 1 atom stereocenters. The van der Waals surface area contributed by atoms with Crippen LogP contribution in [-0.4, -0.2) is 89.0 Å². The van der Waals surface area contributed by atoms with E-state index in [2.05, 4.69) is 5.32 Å². The van der Waals surface area contributed by atoms with Gasteiger partial charge in [0.2, 0.25) is 5.91 Å². The molecule has 25 heavy (non-hydrogen) atoms. The summed E-state index contributed by atoms with van der Waals surface area (Å²) in [6, 6.07) is -0.962. The van der Waals surface area contributed by atoms with Gasteiger partial charge in [-0.3, -0.25) is 9.59 Å². The second-order valence-corrected chi connectivity index (χ2v) is 5.07. The summed E-state index contributed by atoms with van der Waals surface area (Å²) in [5.41, 5.74) is 10.6. The van der Waals surface area contributed by atoms with Gasteiger partial charge in [0.05, 0.1) is 52.9 Å². The highest BCUT2D eigenvalue weighted by atomic mass is 16.6. The Morgan fingerprint density at radius 2 is 1.36 bits per heavy atom. The summed E-state index contributed by atoms with van der Waals surface area (Å²) in [7, 11) is 0. The number of carboxylic acid groups (broad SMARTS) is 1. The molecule has 0 aromatic heterocycles. The smallest absolute Gasteiger partial charge is 0.320 e. The van der Waals surface area contributed by atoms with Crippen molar-refractivity contribution in [3.63, 3.8) is 0 Å². The molecule has 6 N–H and O–H groups in total. The standard InChI is InChI=1S/C15H31N3O7/c16-3-6-23-8-10-25-12-11-24-9-7-22-5-2-14(19)18-4-1-13(17)15(20)21/h13H,1-12,16-17H2,(H,18,19)(H,20,21)/t13-/m0/s1. The third-order valence-corrected chi connectivity index (χ3v) is 2.95. The van der Waals surface area contributed by atoms with Crippen LogP contribution >= 0.6 is 0 Å². The number of ether oxygens (including phenoxy) is 4. The van der Waals surface area contributed by atoms with Gasteiger partial charge >= 0.3 is 5.97 Å². The van der Waals surface area contributed by atoms with Gasteiger partial charge in [-0.05, 0) is 6.42 Å². The zero-order chi connectivity index (χ0) is 18.8. The van der Waals surface area contributed by atoms with Gasteiger partial charge in [-0.1, -0.05) is 0 Å². The lowest BCUT2D eigenvalue weighted by atomic mass is 10.2. The fourth-order valence-corrected chi connectivity index (χ4v) is 1.59. The number of nitrogens with one attached hydrogen (secondary N) is 1. The Morgan fingerprint density at radius 3 is 1.84 bits per heavy atom. The molecule has 0 aliphatic rings. The minimum absolute atomic E-state index is 0.191. The van der Waals surface area contributed by atoms with Crippen LogP contribution in [0.4, 0.5) is 0 Å². The molecule has 0 saturated carbocycles. The van der Waals surface area contributed by atoms with Gasteiger partial charge in [-0.25, -0.2) is 0 Å². The van der Waals surface area contributed by atoms with E-state index in [1.807, 2.05) is 0 Å². The number of hydrogen-bond donors (Lipinski definition) is 4. The van der Waals surface area contributed by atoms with Crippen LogP contribution in [0.1, 0.15) is 12.8 Å². The Hall–Kier alpha value is -1.30. The quantitative estimate of drug-likeness (QED) is 0.208. The summed E-state index contributed by atoms with van der Waals surface area (Å²) < 4.78 is 21.0. The summed E-state index contributed by atoms with van der Waals surface area (Å²) in [5.74, 6) is -1.29. The third-order valence-electron chi connectivity index (χ3n) is 2.95. The second-order valence-electron chi connectivity index (χ2n) is 5.07. The van der Waals surface area contributed by atoms with Crippen molar-refractivity contribution in [2.75, 3.05) is 65.9 Å². The van der Waals surface area contributed by atoms with Crippen LogP contribution < -0.4 is 16.8 Å². The van der Waals surface area contributed by atoms with Crippen LogP contribution in [-0.2, 0) is 28.5 Å². The predicted molar refractivity (Wildman–Crippen MR) is 90.2 cm³/mol. The van der Waals surface area contributed by atoms with Gasteiger partial charge in [0.25, 0.3) is 0 Å². The van der Waals surface area contributed by atoms with E-state index in [1.165, 1.54) is 0 Å². The zero-order valence-electron chi connectivity index (χ0n) is 14.6. The first-order valence-electron chi connectivity index (χ1n) is 8.34. The molecule has 1 amide bonds. The van der Waals surface area contributed by atoms with Crippen LogP contribution in [0.25, 0.3) is 0 Å². The number of rotatable bonds is 18. The molecule has 0 bridgehead atoms. The summed E-state index contributed by atoms with van der Waals surface area (Å²) in [5, 5.41) is 11.2. The molecule has 10 nitrogen and oxygen atoms in total. The lowest BCUT2D eigenvalue weighted by Gasteiger charge is -2.09. The van der Waals surface area contributed by atoms with Crippen LogP contribution in [0.2, 0.25) is 0 Å². The maximum Gasteiger partial charge on any atom is 0.320 e. The Kier molecular flexibility index (Phi) is 16.6. The third kappa shape index (κ3) is 17.3. The first kappa shape index (κ1) is 23.7. The molecule has 0 aliphatic carbocycles. The largest absolute Gasteiger partial charge is 0.480 e. The fraction of sp³-hybridized carbons (Fsp3) is 0.867. The van der Waals surface area contributed by atoms with E-state index in [4.69, 9.17) is 35.5 Å². The molecule has 0 heterocycles. The topological polar surface area (TPSA) is 155 Å². The van der Waals surface area contributed by atoms with E-state index < -0.39 is 12.0 Å². The summed E-state index contributed by atoms with van der Waals surface area (Å²) in [4.78, 5) is 21.9. The molecule has 0 aromatic rings. The second kappa shape index (κ2) is 17.5. The molecule has 0 unspecified atom stereocenters. The molecule has 0 radical (unpaired) electrons. The lowest BCUT2D eigenvalue weighted by molar-refractivity contribution is -0.138. The first-order chi connectivity index (χ1) is 12.1. The van der Waals surface area contributed by atoms with E-state index in [1.54, 1.807) is 0 Å². The Bertz CT molecular complexity index is 345. The number of nitrogens with two attached hydrogens (primary N) is 2. The van der Waals surface area contributed by atoms with Crippen molar-refractivity contribution in [3.05, 3.63) is 0 Å². The van der Waals surface area contributed by atoms with Crippen molar-refractivity contribution in [2.24, 2.45) is 11.5 Å². The minimum Gasteiger partial charge on any atom is -0.480 e. The van der Waals surface area contributed by atoms with E-state index in [0.29, 0.717) is 52.8 Å². The number of carboxylic acids is 1. The van der Waals surface area contributed by atoms with Crippen LogP contribution in [0.15, 0.2) is 0 Å². The number of amides is 1. The van der Waals surface area contributed by atoms with Gasteiger partial charge in [-0.15, -0.1) is 0 Å². The normalized spacial score (nSPS) is 12.1. The summed E-state index contributed by atoms with van der Waals surface area (Å²) in [6.45, 7) is 4.31. The average molecular weight is 365 g/mol. The maximum absolute atomic E-state index is 11.5. The molecule has 148 valence electrons. The highest BCUT2D eigenvalue weighted by molar-refractivity contribution is 5.76. The Labute approximate surface area is 148 Å². The molecule has 0 saturated heterocycles. The van der Waals surface area contributed by atoms with Crippen LogP contribution in [0.3, 0.4) is 0 Å². The van der Waals surface area contributed by atoms with Crippen molar-refractivity contribution in [1.29, 1.82) is 0 Å². The highest BCUT2D eigenvalue weighted by Gasteiger charge is 2.11. The summed E-state index contributed by atoms with van der Waals surface area (Å²) in [6.07, 6.45) is 0.394. The Morgan fingerprint density at radius 1 is 0.880 bits per heavy atom. The molecule has 10 heteroatoms. The van der Waals surface area contributed by atoms with Crippen molar-refractivity contribution >= 4 is 11.9 Å². The SMILES string of the molecule is NCCOCCOCCOCCOCCC(=O)NCC[C@H](N)C(=O)O. The van der Waals surface area contributed by atoms with Crippen LogP contribution in [0, 0.1) is 0 Å². The fourth-order valence-electron chi connectivity index (χ4n) is 1.59. The van der Waals surface area contributed by atoms with Crippen molar-refractivity contribution in [3.8, 4) is 0 Å². The molecular formula is C15H31N3O7. The van der Waals surface area contributed by atoms with E-state index in [-0.39, 0.29) is 31.9 Å². The van der Waals surface area contributed by atoms with Gasteiger partial charge in [0, 0.05) is 19.5 Å². The van der Waals surface area contributed by atoms with Gasteiger partial charge in [-0.2, -0.15) is 0 Å². The van der Waals surface area contributed by atoms with E-state index in [0.717, 1.165) is 0 Å². The molecule has 0 aliphatic heterocycles. The summed E-state index contributed by atoms with van der Waals surface area (Å²) >= 11 is 0. The van der Waals surface area contributed by atoms with Crippen molar-refractivity contribution < 1.29 is 33.6 Å². The molecular weight excluding hydrogens is 334 g/mol. The maximum atomic E-state index is 11.5. The number of carbonyl (C=O) groups excluding carboxylic acids is 1. The highest BCUT2D eigenvalue weighted by Crippen LogP contribution is 1.89. The minimum atomic E-state index is -1.08. The van der Waals surface area contributed by atoms with E-state index in [9.17, 15) is 9.59 Å². The molecule has 0 rings (SSSR count). The van der Waals surface area contributed by atoms with Gasteiger partial charge in [0.1, 0.15) is 6.04 Å². The Balaban J connectivity index is 3.22. The molecule has 0 fully saturated rings. The first-order valence-corrected chi connectivity index (χ1v) is 8.34. The van der Waals surface area contributed by atoms with Crippen molar-refractivity contribution in [1.82, 2.24) is 5.32 Å².